The van der Waals surface area contributed by atoms with Gasteiger partial charge in [0.15, 0.2) is 11.5 Å². The van der Waals surface area contributed by atoms with E-state index in [0.29, 0.717) is 12.6 Å². The quantitative estimate of drug-likeness (QED) is 0.759. The Morgan fingerprint density at radius 3 is 2.86 bits per heavy atom. The molecule has 1 aliphatic heterocycles. The van der Waals surface area contributed by atoms with Crippen molar-refractivity contribution in [2.24, 2.45) is 0 Å². The SMILES string of the molecule is CCOc1c(CNC[C@@H]2CCCN2CC)cc(Br)cc1OC. The average Bonchev–Trinajstić information content (AvgIpc) is 2.97. The van der Waals surface area contributed by atoms with Gasteiger partial charge in [-0.3, -0.25) is 4.90 Å². The van der Waals surface area contributed by atoms with Crippen LogP contribution in [0.2, 0.25) is 0 Å². The van der Waals surface area contributed by atoms with Crippen molar-refractivity contribution in [3.63, 3.8) is 0 Å². The van der Waals surface area contributed by atoms with Crippen LogP contribution in [-0.4, -0.2) is 44.3 Å². The molecule has 1 aliphatic rings. The molecule has 2 rings (SSSR count). The Bertz CT molecular complexity index is 482. The Labute approximate surface area is 142 Å². The number of likely N-dealkylation sites (tertiary alicyclic amines) is 1. The molecule has 5 heteroatoms. The summed E-state index contributed by atoms with van der Waals surface area (Å²) < 4.78 is 12.2. The standard InChI is InChI=1S/C17H27BrN2O2/c1-4-20-8-6-7-15(20)12-19-11-13-9-14(18)10-16(21-3)17(13)22-5-2/h9-10,15,19H,4-8,11-12H2,1-3H3/t15-/m0/s1. The van der Waals surface area contributed by atoms with Gasteiger partial charge in [0, 0.05) is 29.2 Å². The van der Waals surface area contributed by atoms with Gasteiger partial charge in [0.2, 0.25) is 0 Å². The van der Waals surface area contributed by atoms with Gasteiger partial charge in [-0.25, -0.2) is 0 Å². The zero-order valence-electron chi connectivity index (χ0n) is 13.8. The van der Waals surface area contributed by atoms with E-state index in [1.165, 1.54) is 19.4 Å². The molecule has 22 heavy (non-hydrogen) atoms. The zero-order valence-corrected chi connectivity index (χ0v) is 15.4. The number of hydrogen-bond acceptors (Lipinski definition) is 4. The Kier molecular flexibility index (Phi) is 6.99. The smallest absolute Gasteiger partial charge is 0.165 e. The van der Waals surface area contributed by atoms with Crippen molar-refractivity contribution >= 4 is 15.9 Å². The summed E-state index contributed by atoms with van der Waals surface area (Å²) in [5.74, 6) is 1.63. The predicted octanol–water partition coefficient (Wildman–Crippen LogP) is 3.43. The molecule has 0 spiro atoms. The number of rotatable bonds is 8. The Balaban J connectivity index is 2.00. The number of likely N-dealkylation sites (N-methyl/N-ethyl adjacent to an activating group) is 1. The van der Waals surface area contributed by atoms with Gasteiger partial charge < -0.3 is 14.8 Å². The van der Waals surface area contributed by atoms with Crippen LogP contribution in [0.4, 0.5) is 0 Å². The molecule has 4 nitrogen and oxygen atoms in total. The fourth-order valence-corrected chi connectivity index (χ4v) is 3.61. The lowest BCUT2D eigenvalue weighted by Crippen LogP contribution is -2.37. The van der Waals surface area contributed by atoms with Crippen molar-refractivity contribution in [1.82, 2.24) is 10.2 Å². The highest BCUT2D eigenvalue weighted by Gasteiger charge is 2.22. The molecule has 0 aliphatic carbocycles. The van der Waals surface area contributed by atoms with Crippen molar-refractivity contribution in [2.75, 3.05) is 33.4 Å². The van der Waals surface area contributed by atoms with E-state index >= 15 is 0 Å². The predicted molar refractivity (Wildman–Crippen MR) is 93.8 cm³/mol. The maximum absolute atomic E-state index is 5.78. The lowest BCUT2D eigenvalue weighted by Gasteiger charge is -2.23. The van der Waals surface area contributed by atoms with E-state index in [1.807, 2.05) is 13.0 Å². The number of halogens is 1. The first-order valence-corrected chi connectivity index (χ1v) is 8.92. The first-order valence-electron chi connectivity index (χ1n) is 8.13. The molecule has 0 unspecified atom stereocenters. The van der Waals surface area contributed by atoms with Crippen LogP contribution in [0.15, 0.2) is 16.6 Å². The Hall–Kier alpha value is -0.780. The molecule has 1 heterocycles. The molecule has 1 atom stereocenters. The molecule has 0 amide bonds. The van der Waals surface area contributed by atoms with E-state index in [9.17, 15) is 0 Å². The third-order valence-corrected chi connectivity index (χ3v) is 4.66. The molecule has 0 aromatic heterocycles. The zero-order chi connectivity index (χ0) is 15.9. The first-order chi connectivity index (χ1) is 10.7. The second-order valence-electron chi connectivity index (χ2n) is 5.58. The van der Waals surface area contributed by atoms with Gasteiger partial charge in [-0.2, -0.15) is 0 Å². The van der Waals surface area contributed by atoms with Crippen molar-refractivity contribution < 1.29 is 9.47 Å². The fourth-order valence-electron chi connectivity index (χ4n) is 3.13. The van der Waals surface area contributed by atoms with Gasteiger partial charge >= 0.3 is 0 Å². The summed E-state index contributed by atoms with van der Waals surface area (Å²) in [6.07, 6.45) is 2.61. The largest absolute Gasteiger partial charge is 0.493 e. The van der Waals surface area contributed by atoms with Crippen LogP contribution >= 0.6 is 15.9 Å². The minimum Gasteiger partial charge on any atom is -0.493 e. The van der Waals surface area contributed by atoms with E-state index in [-0.39, 0.29) is 0 Å². The maximum Gasteiger partial charge on any atom is 0.165 e. The Morgan fingerprint density at radius 1 is 1.36 bits per heavy atom. The highest BCUT2D eigenvalue weighted by molar-refractivity contribution is 9.10. The molecule has 0 bridgehead atoms. The van der Waals surface area contributed by atoms with E-state index in [1.54, 1.807) is 7.11 Å². The van der Waals surface area contributed by atoms with Crippen LogP contribution < -0.4 is 14.8 Å². The summed E-state index contributed by atoms with van der Waals surface area (Å²) in [7, 11) is 1.68. The van der Waals surface area contributed by atoms with Gasteiger partial charge in [0.25, 0.3) is 0 Å². The molecule has 1 aromatic rings. The lowest BCUT2D eigenvalue weighted by molar-refractivity contribution is 0.259. The number of nitrogens with zero attached hydrogens (tertiary/aromatic N) is 1. The second kappa shape index (κ2) is 8.75. The molecular weight excluding hydrogens is 344 g/mol. The van der Waals surface area contributed by atoms with Crippen molar-refractivity contribution in [3.05, 3.63) is 22.2 Å². The number of ether oxygens (including phenoxy) is 2. The summed E-state index contributed by atoms with van der Waals surface area (Å²) in [5.41, 5.74) is 1.13. The van der Waals surface area contributed by atoms with Crippen LogP contribution in [0.1, 0.15) is 32.3 Å². The third-order valence-electron chi connectivity index (χ3n) is 4.21. The fraction of sp³-hybridized carbons (Fsp3) is 0.647. The van der Waals surface area contributed by atoms with Gasteiger partial charge in [0.1, 0.15) is 0 Å². The van der Waals surface area contributed by atoms with Crippen molar-refractivity contribution in [3.8, 4) is 11.5 Å². The molecule has 1 N–H and O–H groups in total. The molecule has 1 aromatic carbocycles. The van der Waals surface area contributed by atoms with E-state index < -0.39 is 0 Å². The first kappa shape index (κ1) is 17.6. The number of hydrogen-bond donors (Lipinski definition) is 1. The van der Waals surface area contributed by atoms with Gasteiger partial charge in [-0.15, -0.1) is 0 Å². The third kappa shape index (κ3) is 4.37. The van der Waals surface area contributed by atoms with Crippen molar-refractivity contribution in [2.45, 2.75) is 39.3 Å². The van der Waals surface area contributed by atoms with E-state index in [2.05, 4.69) is 39.1 Å². The van der Waals surface area contributed by atoms with E-state index in [4.69, 9.17) is 9.47 Å². The second-order valence-corrected chi connectivity index (χ2v) is 6.50. The van der Waals surface area contributed by atoms with Gasteiger partial charge in [-0.1, -0.05) is 22.9 Å². The summed E-state index contributed by atoms with van der Waals surface area (Å²) in [6, 6.07) is 4.71. The number of methoxy groups -OCH3 is 1. The summed E-state index contributed by atoms with van der Waals surface area (Å²) in [5, 5.41) is 3.59. The van der Waals surface area contributed by atoms with Crippen molar-refractivity contribution in [1.29, 1.82) is 0 Å². The summed E-state index contributed by atoms with van der Waals surface area (Å²) in [6.45, 7) is 9.06. The number of nitrogens with one attached hydrogen (secondary N) is 1. The van der Waals surface area contributed by atoms with Crippen LogP contribution in [0.3, 0.4) is 0 Å². The highest BCUT2D eigenvalue weighted by atomic mass is 79.9. The van der Waals surface area contributed by atoms with Crippen LogP contribution in [0.5, 0.6) is 11.5 Å². The average molecular weight is 371 g/mol. The molecule has 0 saturated carbocycles. The molecule has 1 fully saturated rings. The van der Waals surface area contributed by atoms with E-state index in [0.717, 1.165) is 41.2 Å². The lowest BCUT2D eigenvalue weighted by atomic mass is 10.1. The number of benzene rings is 1. The normalized spacial score (nSPS) is 18.6. The van der Waals surface area contributed by atoms with Gasteiger partial charge in [-0.05, 0) is 45.0 Å². The summed E-state index contributed by atoms with van der Waals surface area (Å²) >= 11 is 3.55. The monoisotopic (exact) mass is 370 g/mol. The van der Waals surface area contributed by atoms with Crippen LogP contribution in [0.25, 0.3) is 0 Å². The summed E-state index contributed by atoms with van der Waals surface area (Å²) in [4.78, 5) is 2.55. The topological polar surface area (TPSA) is 33.7 Å². The molecule has 1 saturated heterocycles. The maximum atomic E-state index is 5.78. The van der Waals surface area contributed by atoms with Gasteiger partial charge in [0.05, 0.1) is 13.7 Å². The van der Waals surface area contributed by atoms with Crippen LogP contribution in [-0.2, 0) is 6.54 Å². The highest BCUT2D eigenvalue weighted by Crippen LogP contribution is 2.35. The molecular formula is C17H27BrN2O2. The van der Waals surface area contributed by atoms with Crippen LogP contribution in [0, 0.1) is 0 Å². The molecule has 124 valence electrons. The Morgan fingerprint density at radius 2 is 2.18 bits per heavy atom. The minimum atomic E-state index is 0.636. The minimum absolute atomic E-state index is 0.636. The molecule has 0 radical (unpaired) electrons.